The summed E-state index contributed by atoms with van der Waals surface area (Å²) in [5.74, 6) is -3.23. The van der Waals surface area contributed by atoms with E-state index >= 15 is 0 Å². The van der Waals surface area contributed by atoms with Gasteiger partial charge in [0.1, 0.15) is 30.3 Å². The predicted molar refractivity (Wildman–Crippen MR) is 181 cm³/mol. The molecule has 12 heteroatoms. The number of terminal acetylenes is 1. The lowest BCUT2D eigenvalue weighted by Crippen LogP contribution is -2.57. The fourth-order valence-corrected chi connectivity index (χ4v) is 6.60. The monoisotopic (exact) mass is 674 g/mol. The average molecular weight is 675 g/mol. The van der Waals surface area contributed by atoms with Gasteiger partial charge in [0.15, 0.2) is 6.10 Å². The number of ether oxygens (including phenoxy) is 2. The second kappa shape index (κ2) is 17.7. The SMILES string of the molecule is C#CCCC[C@@H]1OC(=O)[C@@H](C(C)C)N(C)C(=O)[C@H]2CCCN2C(=O)[C@H](C(C)C)OC(=O)[C@H](C(C)C)N(C)C(=O)[C@H](C(C)C)NC(=O)[C@H]1C. The summed E-state index contributed by atoms with van der Waals surface area (Å²) in [4.78, 5) is 87.5. The zero-order chi connectivity index (χ0) is 36.6. The molecule has 12 nitrogen and oxygen atoms in total. The molecule has 7 atom stereocenters. The number of unbranched alkanes of at least 4 members (excludes halogenated alkanes) is 1. The summed E-state index contributed by atoms with van der Waals surface area (Å²) in [7, 11) is 3.00. The average Bonchev–Trinajstić information content (AvgIpc) is 3.49. The van der Waals surface area contributed by atoms with Crippen LogP contribution in [0, 0.1) is 41.9 Å². The molecule has 0 aromatic heterocycles. The van der Waals surface area contributed by atoms with E-state index in [4.69, 9.17) is 15.9 Å². The quantitative estimate of drug-likeness (QED) is 0.247. The van der Waals surface area contributed by atoms with E-state index in [0.29, 0.717) is 25.7 Å². The van der Waals surface area contributed by atoms with Crippen molar-refractivity contribution in [2.45, 2.75) is 131 Å². The first-order valence-corrected chi connectivity index (χ1v) is 17.4. The van der Waals surface area contributed by atoms with Crippen molar-refractivity contribution >= 4 is 35.6 Å². The molecule has 48 heavy (non-hydrogen) atoms. The van der Waals surface area contributed by atoms with Crippen LogP contribution in [0.4, 0.5) is 0 Å². The Bertz CT molecular complexity index is 1220. The maximum Gasteiger partial charge on any atom is 0.329 e. The van der Waals surface area contributed by atoms with Crippen LogP contribution in [0.25, 0.3) is 0 Å². The molecule has 4 amide bonds. The molecule has 2 rings (SSSR count). The van der Waals surface area contributed by atoms with Crippen LogP contribution >= 0.6 is 0 Å². The Balaban J connectivity index is 2.71. The number of fused-ring (bicyclic) bond motifs is 1. The lowest BCUT2D eigenvalue weighted by atomic mass is 9.95. The van der Waals surface area contributed by atoms with E-state index in [-0.39, 0.29) is 24.8 Å². The van der Waals surface area contributed by atoms with Crippen LogP contribution in [-0.2, 0) is 38.2 Å². The molecule has 2 aliphatic heterocycles. The van der Waals surface area contributed by atoms with Gasteiger partial charge in [-0.2, -0.15) is 0 Å². The predicted octanol–water partition coefficient (Wildman–Crippen LogP) is 3.02. The first kappa shape index (κ1) is 40.6. The third-order valence-electron chi connectivity index (χ3n) is 9.47. The van der Waals surface area contributed by atoms with Gasteiger partial charge in [0.05, 0.1) is 5.92 Å². The summed E-state index contributed by atoms with van der Waals surface area (Å²) in [6.45, 7) is 16.1. The number of likely N-dealkylation sites (N-methyl/N-ethyl adjacent to an activating group) is 2. The third kappa shape index (κ3) is 9.50. The van der Waals surface area contributed by atoms with Crippen molar-refractivity contribution in [1.82, 2.24) is 20.0 Å². The molecular weight excluding hydrogens is 616 g/mol. The van der Waals surface area contributed by atoms with E-state index in [9.17, 15) is 28.8 Å². The van der Waals surface area contributed by atoms with Crippen molar-refractivity contribution in [2.24, 2.45) is 29.6 Å². The number of carbonyl (C=O) groups excluding carboxylic acids is 6. The van der Waals surface area contributed by atoms with Gasteiger partial charge in [-0.05, 0) is 49.4 Å². The van der Waals surface area contributed by atoms with Gasteiger partial charge in [-0.15, -0.1) is 12.3 Å². The van der Waals surface area contributed by atoms with Gasteiger partial charge in [0, 0.05) is 27.1 Å². The molecular formula is C36H58N4O8. The van der Waals surface area contributed by atoms with Gasteiger partial charge in [0.2, 0.25) is 17.7 Å². The molecule has 2 fully saturated rings. The first-order chi connectivity index (χ1) is 22.4. The van der Waals surface area contributed by atoms with Gasteiger partial charge in [-0.1, -0.05) is 62.3 Å². The second-order valence-electron chi connectivity index (χ2n) is 14.7. The number of amides is 4. The Morgan fingerprint density at radius 1 is 0.792 bits per heavy atom. The summed E-state index contributed by atoms with van der Waals surface area (Å²) in [5, 5.41) is 2.84. The van der Waals surface area contributed by atoms with E-state index < -0.39 is 89.7 Å². The maximum atomic E-state index is 14.0. The van der Waals surface area contributed by atoms with Crippen LogP contribution in [-0.4, -0.2) is 107 Å². The Labute approximate surface area is 287 Å². The zero-order valence-corrected chi connectivity index (χ0v) is 30.8. The largest absolute Gasteiger partial charge is 0.460 e. The molecule has 270 valence electrons. The van der Waals surface area contributed by atoms with Crippen LogP contribution in [0.15, 0.2) is 0 Å². The number of hydrogen-bond acceptors (Lipinski definition) is 8. The molecule has 0 aromatic carbocycles. The number of nitrogens with zero attached hydrogens (tertiary/aromatic N) is 3. The van der Waals surface area contributed by atoms with Crippen molar-refractivity contribution in [3.63, 3.8) is 0 Å². The number of esters is 2. The van der Waals surface area contributed by atoms with Gasteiger partial charge in [-0.3, -0.25) is 19.2 Å². The summed E-state index contributed by atoms with van der Waals surface area (Å²) in [6.07, 6.45) is 5.48. The normalized spacial score (nSPS) is 29.0. The Morgan fingerprint density at radius 2 is 1.33 bits per heavy atom. The van der Waals surface area contributed by atoms with E-state index in [0.717, 1.165) is 0 Å². The van der Waals surface area contributed by atoms with Crippen LogP contribution in [0.5, 0.6) is 0 Å². The van der Waals surface area contributed by atoms with Crippen molar-refractivity contribution in [3.8, 4) is 12.3 Å². The summed E-state index contributed by atoms with van der Waals surface area (Å²) >= 11 is 0. The topological polar surface area (TPSA) is 143 Å². The van der Waals surface area contributed by atoms with Crippen molar-refractivity contribution in [1.29, 1.82) is 0 Å². The summed E-state index contributed by atoms with van der Waals surface area (Å²) in [5.41, 5.74) is 0. The van der Waals surface area contributed by atoms with Crippen molar-refractivity contribution in [2.75, 3.05) is 20.6 Å². The molecule has 0 unspecified atom stereocenters. The molecule has 0 bridgehead atoms. The Kier molecular flexibility index (Phi) is 14.9. The molecule has 0 aromatic rings. The third-order valence-corrected chi connectivity index (χ3v) is 9.47. The number of rotatable bonds is 7. The van der Waals surface area contributed by atoms with Crippen molar-refractivity contribution in [3.05, 3.63) is 0 Å². The molecule has 2 heterocycles. The fourth-order valence-electron chi connectivity index (χ4n) is 6.60. The van der Waals surface area contributed by atoms with E-state index in [1.807, 2.05) is 0 Å². The molecule has 1 N–H and O–H groups in total. The highest BCUT2D eigenvalue weighted by Gasteiger charge is 2.45. The minimum absolute atomic E-state index is 0.283. The molecule has 0 radical (unpaired) electrons. The minimum atomic E-state index is -1.21. The van der Waals surface area contributed by atoms with Gasteiger partial charge >= 0.3 is 11.9 Å². The lowest BCUT2D eigenvalue weighted by molar-refractivity contribution is -0.172. The number of cyclic esters (lactones) is 2. The van der Waals surface area contributed by atoms with Crippen LogP contribution in [0.3, 0.4) is 0 Å². The highest BCUT2D eigenvalue weighted by Crippen LogP contribution is 2.27. The van der Waals surface area contributed by atoms with Gasteiger partial charge in [-0.25, -0.2) is 9.59 Å². The highest BCUT2D eigenvalue weighted by atomic mass is 16.6. The van der Waals surface area contributed by atoms with Crippen LogP contribution in [0.1, 0.15) is 94.4 Å². The Morgan fingerprint density at radius 3 is 1.83 bits per heavy atom. The number of carbonyl (C=O) groups is 6. The summed E-state index contributed by atoms with van der Waals surface area (Å²) < 4.78 is 11.9. The van der Waals surface area contributed by atoms with E-state index in [1.165, 1.54) is 28.8 Å². The van der Waals surface area contributed by atoms with Crippen LogP contribution in [0.2, 0.25) is 0 Å². The zero-order valence-electron chi connectivity index (χ0n) is 30.8. The summed E-state index contributed by atoms with van der Waals surface area (Å²) in [6, 6.07) is -3.95. The lowest BCUT2D eigenvalue weighted by Gasteiger charge is -2.36. The highest BCUT2D eigenvalue weighted by molar-refractivity contribution is 5.95. The van der Waals surface area contributed by atoms with E-state index in [1.54, 1.807) is 62.3 Å². The molecule has 0 aliphatic carbocycles. The smallest absolute Gasteiger partial charge is 0.329 e. The van der Waals surface area contributed by atoms with Gasteiger partial charge in [0.25, 0.3) is 5.91 Å². The Hall–Kier alpha value is -3.62. The minimum Gasteiger partial charge on any atom is -0.460 e. The van der Waals surface area contributed by atoms with Gasteiger partial charge < -0.3 is 29.5 Å². The maximum absolute atomic E-state index is 14.0. The van der Waals surface area contributed by atoms with E-state index in [2.05, 4.69) is 11.2 Å². The molecule has 0 saturated carbocycles. The second-order valence-corrected chi connectivity index (χ2v) is 14.7. The molecule has 2 saturated heterocycles. The number of nitrogens with one attached hydrogen (secondary N) is 1. The molecule has 0 spiro atoms. The first-order valence-electron chi connectivity index (χ1n) is 17.4. The molecule has 2 aliphatic rings. The fraction of sp³-hybridized carbons (Fsp3) is 0.778. The van der Waals surface area contributed by atoms with Crippen molar-refractivity contribution < 1.29 is 38.2 Å². The number of hydrogen-bond donors (Lipinski definition) is 1. The van der Waals surface area contributed by atoms with Crippen LogP contribution < -0.4 is 5.32 Å². The standard InChI is InChI=1S/C36H58N4O8/c1-13-14-15-18-26-24(10)31(41)37-27(20(2)3)33(43)39(12)29(22(6)7)36(46)48-30(23(8)9)34(44)40-19-16-17-25(40)32(42)38(11)28(21(4)5)35(45)47-26/h1,20-30H,14-19H2,2-12H3,(H,37,41)/t24-,25+,26-,27-,28+,29-,30-/m0/s1.